The minimum atomic E-state index is -3.44. The van der Waals surface area contributed by atoms with E-state index < -0.39 is 23.9 Å². The third-order valence-corrected chi connectivity index (χ3v) is 2.93. The number of carbonyl (C=O) groups is 1. The lowest BCUT2D eigenvalue weighted by atomic mass is 9.75. The molecule has 1 aromatic rings. The fraction of sp³-hybridized carbons (Fsp3) is 0.417. The number of nitrogens with two attached hydrogens (primary N) is 1. The van der Waals surface area contributed by atoms with Gasteiger partial charge in [-0.25, -0.2) is 8.78 Å². The van der Waals surface area contributed by atoms with Gasteiger partial charge in [-0.3, -0.25) is 4.79 Å². The summed E-state index contributed by atoms with van der Waals surface area (Å²) in [4.78, 5) is 11.3. The van der Waals surface area contributed by atoms with Crippen LogP contribution in [0.15, 0.2) is 24.3 Å². The molecule has 1 rings (SSSR count). The second-order valence-corrected chi connectivity index (χ2v) is 4.17. The molecule has 0 aromatic heterocycles. The largest absolute Gasteiger partial charge is 0.480 e. The van der Waals surface area contributed by atoms with E-state index in [2.05, 4.69) is 0 Å². The normalized spacial score (nSPS) is 15.4. The van der Waals surface area contributed by atoms with Gasteiger partial charge < -0.3 is 10.8 Å². The summed E-state index contributed by atoms with van der Waals surface area (Å²) in [5.41, 5.74) is 3.68. The van der Waals surface area contributed by atoms with Crippen LogP contribution in [0.4, 0.5) is 8.78 Å². The molecule has 0 bridgehead atoms. The van der Waals surface area contributed by atoms with Crippen LogP contribution >= 0.6 is 0 Å². The summed E-state index contributed by atoms with van der Waals surface area (Å²) in [5.74, 6) is -5.06. The summed E-state index contributed by atoms with van der Waals surface area (Å²) in [6, 6.07) is 6.05. The Balaban J connectivity index is 3.49. The number of carboxylic acid groups (broad SMARTS) is 1. The maximum atomic E-state index is 13.6. The molecule has 1 aromatic carbocycles. The van der Waals surface area contributed by atoms with Crippen LogP contribution in [0.2, 0.25) is 0 Å². The second kappa shape index (κ2) is 4.41. The molecule has 0 saturated heterocycles. The molecule has 1 unspecified atom stereocenters. The van der Waals surface area contributed by atoms with Gasteiger partial charge in [0.05, 0.1) is 0 Å². The summed E-state index contributed by atoms with van der Waals surface area (Å²) in [6.45, 7) is 1.63. The lowest BCUT2D eigenvalue weighted by Crippen LogP contribution is -2.55. The number of carboxylic acids is 1. The average Bonchev–Trinajstić information content (AvgIpc) is 2.16. The summed E-state index contributed by atoms with van der Waals surface area (Å²) in [5, 5.41) is 9.14. The molecule has 5 heteroatoms. The van der Waals surface area contributed by atoms with Gasteiger partial charge in [-0.2, -0.15) is 0 Å². The lowest BCUT2D eigenvalue weighted by Gasteiger charge is -2.34. The molecule has 94 valence electrons. The van der Waals surface area contributed by atoms with Crippen LogP contribution in [0.25, 0.3) is 0 Å². The van der Waals surface area contributed by atoms with Crippen molar-refractivity contribution in [3.63, 3.8) is 0 Å². The first kappa shape index (κ1) is 13.6. The van der Waals surface area contributed by atoms with E-state index in [0.717, 1.165) is 0 Å². The predicted octanol–water partition coefficient (Wildman–Crippen LogP) is 1.93. The molecule has 3 N–H and O–H groups in total. The van der Waals surface area contributed by atoms with Gasteiger partial charge in [-0.1, -0.05) is 29.8 Å². The highest BCUT2D eigenvalue weighted by atomic mass is 19.3. The van der Waals surface area contributed by atoms with Crippen LogP contribution in [0.5, 0.6) is 0 Å². The van der Waals surface area contributed by atoms with Crippen LogP contribution < -0.4 is 5.73 Å². The monoisotopic (exact) mass is 243 g/mol. The Bertz CT molecular complexity index is 429. The Labute approximate surface area is 98.2 Å². The minimum Gasteiger partial charge on any atom is -0.480 e. The van der Waals surface area contributed by atoms with Gasteiger partial charge in [-0.15, -0.1) is 0 Å². The first-order chi connectivity index (χ1) is 7.75. The van der Waals surface area contributed by atoms with E-state index in [1.165, 1.54) is 12.1 Å². The molecule has 0 aliphatic rings. The zero-order chi connectivity index (χ0) is 13.3. The fourth-order valence-electron chi connectivity index (χ4n) is 1.86. The Morgan fingerprint density at radius 2 is 2.06 bits per heavy atom. The van der Waals surface area contributed by atoms with Crippen molar-refractivity contribution in [1.82, 2.24) is 0 Å². The van der Waals surface area contributed by atoms with E-state index in [-0.39, 0.29) is 5.56 Å². The average molecular weight is 243 g/mol. The molecule has 0 fully saturated rings. The summed E-state index contributed by atoms with van der Waals surface area (Å²) >= 11 is 0. The Morgan fingerprint density at radius 1 is 1.47 bits per heavy atom. The molecule has 3 nitrogen and oxygen atoms in total. The van der Waals surface area contributed by atoms with E-state index >= 15 is 0 Å². The maximum absolute atomic E-state index is 13.6. The second-order valence-electron chi connectivity index (χ2n) is 4.17. The van der Waals surface area contributed by atoms with Gasteiger partial charge >= 0.3 is 5.97 Å². The molecule has 0 saturated carbocycles. The fourth-order valence-corrected chi connectivity index (χ4v) is 1.86. The van der Waals surface area contributed by atoms with Gasteiger partial charge in [-0.05, 0) is 12.5 Å². The van der Waals surface area contributed by atoms with Crippen molar-refractivity contribution in [1.29, 1.82) is 0 Å². The smallest absolute Gasteiger partial charge is 0.321 e. The van der Waals surface area contributed by atoms with E-state index in [9.17, 15) is 13.6 Å². The molecule has 17 heavy (non-hydrogen) atoms. The molecule has 0 spiro atoms. The molecule has 0 aliphatic carbocycles. The van der Waals surface area contributed by atoms with Crippen LogP contribution in [0.1, 0.15) is 18.1 Å². The minimum absolute atomic E-state index is 0.0278. The molecular weight excluding hydrogens is 228 g/mol. The van der Waals surface area contributed by atoms with Crippen molar-refractivity contribution in [3.05, 3.63) is 35.4 Å². The van der Waals surface area contributed by atoms with E-state index in [1.54, 1.807) is 19.1 Å². The number of aliphatic carboxylic acids is 1. The van der Waals surface area contributed by atoms with Crippen molar-refractivity contribution in [3.8, 4) is 0 Å². The standard InChI is InChI=1S/C12H15F2NO2/c1-8-4-3-5-9(6-8)12(7-15,10(16)17)11(2,13)14/h3-6H,7,15H2,1-2H3,(H,16,17). The number of benzene rings is 1. The number of hydrogen-bond acceptors (Lipinski definition) is 2. The number of halogens is 2. The molecule has 0 heterocycles. The SMILES string of the molecule is Cc1cccc(C(CN)(C(=O)O)C(C)(F)F)c1. The quantitative estimate of drug-likeness (QED) is 0.849. The van der Waals surface area contributed by atoms with Gasteiger partial charge in [0.25, 0.3) is 5.92 Å². The first-order valence-electron chi connectivity index (χ1n) is 5.14. The summed E-state index contributed by atoms with van der Waals surface area (Å²) in [7, 11) is 0. The van der Waals surface area contributed by atoms with E-state index in [4.69, 9.17) is 10.8 Å². The lowest BCUT2D eigenvalue weighted by molar-refractivity contribution is -0.159. The van der Waals surface area contributed by atoms with Crippen molar-refractivity contribution < 1.29 is 18.7 Å². The maximum Gasteiger partial charge on any atom is 0.321 e. The number of aryl methyl sites for hydroxylation is 1. The van der Waals surface area contributed by atoms with Gasteiger partial charge in [0.2, 0.25) is 0 Å². The van der Waals surface area contributed by atoms with E-state index in [1.807, 2.05) is 0 Å². The predicted molar refractivity (Wildman–Crippen MR) is 60.2 cm³/mol. The highest BCUT2D eigenvalue weighted by molar-refractivity contribution is 5.83. The third kappa shape index (κ3) is 2.15. The van der Waals surface area contributed by atoms with Crippen molar-refractivity contribution in [2.75, 3.05) is 6.54 Å². The highest BCUT2D eigenvalue weighted by Gasteiger charge is 2.56. The van der Waals surface area contributed by atoms with Crippen LogP contribution in [0.3, 0.4) is 0 Å². The number of rotatable bonds is 4. The molecule has 0 amide bonds. The number of alkyl halides is 2. The van der Waals surface area contributed by atoms with E-state index in [0.29, 0.717) is 12.5 Å². The van der Waals surface area contributed by atoms with Crippen molar-refractivity contribution >= 4 is 5.97 Å². The Morgan fingerprint density at radius 3 is 2.41 bits per heavy atom. The van der Waals surface area contributed by atoms with Crippen LogP contribution in [-0.4, -0.2) is 23.5 Å². The summed E-state index contributed by atoms with van der Waals surface area (Å²) < 4.78 is 27.3. The Kier molecular flexibility index (Phi) is 3.52. The first-order valence-corrected chi connectivity index (χ1v) is 5.14. The summed E-state index contributed by atoms with van der Waals surface area (Å²) in [6.07, 6.45) is 0. The van der Waals surface area contributed by atoms with Crippen molar-refractivity contribution in [2.24, 2.45) is 5.73 Å². The zero-order valence-corrected chi connectivity index (χ0v) is 9.71. The number of hydrogen-bond donors (Lipinski definition) is 2. The van der Waals surface area contributed by atoms with Crippen LogP contribution in [0, 0.1) is 6.92 Å². The molecular formula is C12H15F2NO2. The van der Waals surface area contributed by atoms with Gasteiger partial charge in [0, 0.05) is 13.5 Å². The Hall–Kier alpha value is -1.49. The molecule has 0 radical (unpaired) electrons. The van der Waals surface area contributed by atoms with Gasteiger partial charge in [0.15, 0.2) is 5.41 Å². The molecule has 1 atom stereocenters. The van der Waals surface area contributed by atoms with Crippen molar-refractivity contribution in [2.45, 2.75) is 25.2 Å². The molecule has 0 aliphatic heterocycles. The topological polar surface area (TPSA) is 63.3 Å². The highest BCUT2D eigenvalue weighted by Crippen LogP contribution is 2.39. The van der Waals surface area contributed by atoms with Gasteiger partial charge in [0.1, 0.15) is 0 Å². The van der Waals surface area contributed by atoms with Crippen LogP contribution in [-0.2, 0) is 10.2 Å². The third-order valence-electron chi connectivity index (χ3n) is 2.93. The zero-order valence-electron chi connectivity index (χ0n) is 9.71.